The Hall–Kier alpha value is -1.36. The molecule has 5 heteroatoms. The predicted molar refractivity (Wildman–Crippen MR) is 81.6 cm³/mol. The molecule has 0 N–H and O–H groups in total. The van der Waals surface area contributed by atoms with Crippen molar-refractivity contribution in [3.8, 4) is 11.5 Å². The molecule has 1 heterocycles. The van der Waals surface area contributed by atoms with Gasteiger partial charge in [-0.25, -0.2) is 0 Å². The summed E-state index contributed by atoms with van der Waals surface area (Å²) in [6, 6.07) is 5.72. The van der Waals surface area contributed by atoms with Gasteiger partial charge in [0.05, 0.1) is 13.7 Å². The predicted octanol–water partition coefficient (Wildman–Crippen LogP) is 2.51. The molecule has 0 radical (unpaired) electrons. The van der Waals surface area contributed by atoms with Crippen LogP contribution in [0, 0.1) is 0 Å². The molecule has 0 saturated carbocycles. The van der Waals surface area contributed by atoms with Crippen LogP contribution in [0.15, 0.2) is 18.2 Å². The molecule has 0 aromatic heterocycles. The smallest absolute Gasteiger partial charge is 0.223 e. The Kier molecular flexibility index (Phi) is 4.48. The Morgan fingerprint density at radius 3 is 2.90 bits per heavy atom. The fourth-order valence-electron chi connectivity index (χ4n) is 2.37. The number of carbonyl (C=O) groups is 1. The largest absolute Gasteiger partial charge is 0.497 e. The Labute approximate surface area is 125 Å². The molecule has 2 rings (SSSR count). The van der Waals surface area contributed by atoms with E-state index in [4.69, 9.17) is 9.47 Å². The van der Waals surface area contributed by atoms with Gasteiger partial charge in [0.25, 0.3) is 0 Å². The molecule has 1 aliphatic rings. The molecule has 1 aromatic rings. The van der Waals surface area contributed by atoms with E-state index >= 15 is 0 Å². The first-order chi connectivity index (χ1) is 9.45. The average Bonchev–Trinajstić information content (AvgIpc) is 2.52. The molecule has 20 heavy (non-hydrogen) atoms. The van der Waals surface area contributed by atoms with Crippen molar-refractivity contribution in [2.24, 2.45) is 0 Å². The second kappa shape index (κ2) is 5.95. The van der Waals surface area contributed by atoms with Crippen LogP contribution in [0.2, 0.25) is 0 Å². The molecule has 1 aromatic carbocycles. The van der Waals surface area contributed by atoms with Crippen LogP contribution >= 0.6 is 12.6 Å². The van der Waals surface area contributed by atoms with Crippen LogP contribution in [0.5, 0.6) is 11.5 Å². The second-order valence-corrected chi connectivity index (χ2v) is 6.01. The maximum atomic E-state index is 12.2. The van der Waals surface area contributed by atoms with Crippen molar-refractivity contribution in [1.29, 1.82) is 0 Å². The van der Waals surface area contributed by atoms with E-state index in [1.54, 1.807) is 7.11 Å². The molecular weight excluding hydrogens is 274 g/mol. The molecule has 0 atom stereocenters. The summed E-state index contributed by atoms with van der Waals surface area (Å²) in [4.78, 5) is 14.0. The van der Waals surface area contributed by atoms with E-state index < -0.39 is 5.60 Å². The zero-order chi connectivity index (χ0) is 14.8. The third-order valence-electron chi connectivity index (χ3n) is 3.27. The average molecular weight is 295 g/mol. The molecule has 0 spiro atoms. The number of methoxy groups -OCH3 is 1. The molecule has 0 fully saturated rings. The molecule has 4 nitrogen and oxygen atoms in total. The summed E-state index contributed by atoms with van der Waals surface area (Å²) in [5.74, 6) is 2.22. The van der Waals surface area contributed by atoms with Gasteiger partial charge < -0.3 is 14.4 Å². The maximum Gasteiger partial charge on any atom is 0.223 e. The third kappa shape index (κ3) is 3.39. The Balaban J connectivity index is 2.32. The Bertz CT molecular complexity index is 502. The number of rotatable bonds is 3. The van der Waals surface area contributed by atoms with Crippen LogP contribution in [-0.4, -0.2) is 35.8 Å². The standard InChI is InChI=1S/C15H21NO3S/c1-15(2)10-16(14(17)6-7-20)9-11-4-5-12(18-3)8-13(11)19-15/h4-5,8,20H,6-7,9-10H2,1-3H3. The topological polar surface area (TPSA) is 38.8 Å². The highest BCUT2D eigenvalue weighted by atomic mass is 32.1. The highest BCUT2D eigenvalue weighted by Crippen LogP contribution is 2.32. The SMILES string of the molecule is COc1ccc2c(c1)OC(C)(C)CN(C(=O)CCS)C2. The minimum Gasteiger partial charge on any atom is -0.497 e. The van der Waals surface area contributed by atoms with Crippen molar-refractivity contribution in [2.45, 2.75) is 32.4 Å². The van der Waals surface area contributed by atoms with E-state index in [0.717, 1.165) is 17.1 Å². The van der Waals surface area contributed by atoms with Gasteiger partial charge in [0, 0.05) is 24.6 Å². The summed E-state index contributed by atoms with van der Waals surface area (Å²) in [5, 5.41) is 0. The summed E-state index contributed by atoms with van der Waals surface area (Å²) >= 11 is 4.14. The van der Waals surface area contributed by atoms with E-state index in [2.05, 4.69) is 12.6 Å². The molecule has 0 aliphatic carbocycles. The minimum absolute atomic E-state index is 0.111. The fraction of sp³-hybridized carbons (Fsp3) is 0.533. The van der Waals surface area contributed by atoms with E-state index in [9.17, 15) is 4.79 Å². The van der Waals surface area contributed by atoms with Crippen molar-refractivity contribution >= 4 is 18.5 Å². The summed E-state index contributed by atoms with van der Waals surface area (Å²) in [5.41, 5.74) is 0.577. The Morgan fingerprint density at radius 1 is 1.50 bits per heavy atom. The molecule has 110 valence electrons. The van der Waals surface area contributed by atoms with Crippen molar-refractivity contribution in [2.75, 3.05) is 19.4 Å². The zero-order valence-corrected chi connectivity index (χ0v) is 13.1. The van der Waals surface area contributed by atoms with Gasteiger partial charge in [-0.2, -0.15) is 12.6 Å². The number of fused-ring (bicyclic) bond motifs is 1. The molecule has 0 saturated heterocycles. The first kappa shape index (κ1) is 15.0. The molecule has 0 unspecified atom stereocenters. The summed E-state index contributed by atoms with van der Waals surface area (Å²) in [6.45, 7) is 5.11. The van der Waals surface area contributed by atoms with Gasteiger partial charge in [0.15, 0.2) is 0 Å². The van der Waals surface area contributed by atoms with Gasteiger partial charge in [-0.3, -0.25) is 4.79 Å². The monoisotopic (exact) mass is 295 g/mol. The number of nitrogens with zero attached hydrogens (tertiary/aromatic N) is 1. The van der Waals surface area contributed by atoms with Crippen LogP contribution in [-0.2, 0) is 11.3 Å². The van der Waals surface area contributed by atoms with Gasteiger partial charge in [0.1, 0.15) is 17.1 Å². The van der Waals surface area contributed by atoms with Crippen molar-refractivity contribution in [3.05, 3.63) is 23.8 Å². The zero-order valence-electron chi connectivity index (χ0n) is 12.2. The number of ether oxygens (including phenoxy) is 2. The first-order valence-corrected chi connectivity index (χ1v) is 7.33. The minimum atomic E-state index is -0.427. The van der Waals surface area contributed by atoms with Crippen molar-refractivity contribution in [1.82, 2.24) is 4.90 Å². The van der Waals surface area contributed by atoms with E-state index in [1.165, 1.54) is 0 Å². The van der Waals surface area contributed by atoms with Crippen LogP contribution in [0.25, 0.3) is 0 Å². The van der Waals surface area contributed by atoms with Crippen LogP contribution < -0.4 is 9.47 Å². The van der Waals surface area contributed by atoms with E-state index in [0.29, 0.717) is 25.3 Å². The number of amides is 1. The molecule has 1 aliphatic heterocycles. The summed E-state index contributed by atoms with van der Waals surface area (Å²) < 4.78 is 11.3. The second-order valence-electron chi connectivity index (χ2n) is 5.56. The van der Waals surface area contributed by atoms with E-state index in [-0.39, 0.29) is 5.91 Å². The van der Waals surface area contributed by atoms with Gasteiger partial charge >= 0.3 is 0 Å². The summed E-state index contributed by atoms with van der Waals surface area (Å²) in [6.07, 6.45) is 0.449. The Morgan fingerprint density at radius 2 is 2.25 bits per heavy atom. The number of benzene rings is 1. The van der Waals surface area contributed by atoms with Gasteiger partial charge in [-0.1, -0.05) is 0 Å². The number of thiol groups is 1. The van der Waals surface area contributed by atoms with E-state index in [1.807, 2.05) is 36.9 Å². The highest BCUT2D eigenvalue weighted by molar-refractivity contribution is 7.80. The highest BCUT2D eigenvalue weighted by Gasteiger charge is 2.31. The molecule has 0 bridgehead atoms. The molecular formula is C15H21NO3S. The third-order valence-corrected chi connectivity index (χ3v) is 3.50. The lowest BCUT2D eigenvalue weighted by Crippen LogP contribution is -2.43. The van der Waals surface area contributed by atoms with Gasteiger partial charge in [0.2, 0.25) is 5.91 Å². The lowest BCUT2D eigenvalue weighted by Gasteiger charge is -2.29. The number of hydrogen-bond donors (Lipinski definition) is 1. The maximum absolute atomic E-state index is 12.2. The van der Waals surface area contributed by atoms with Crippen molar-refractivity contribution in [3.63, 3.8) is 0 Å². The van der Waals surface area contributed by atoms with Gasteiger partial charge in [-0.15, -0.1) is 0 Å². The fourth-order valence-corrected chi connectivity index (χ4v) is 2.56. The lowest BCUT2D eigenvalue weighted by molar-refractivity contribution is -0.133. The van der Waals surface area contributed by atoms with Crippen molar-refractivity contribution < 1.29 is 14.3 Å². The normalized spacial score (nSPS) is 16.9. The number of carbonyl (C=O) groups excluding carboxylic acids is 1. The summed E-state index contributed by atoms with van der Waals surface area (Å²) in [7, 11) is 1.63. The van der Waals surface area contributed by atoms with Crippen LogP contribution in [0.4, 0.5) is 0 Å². The quantitative estimate of drug-likeness (QED) is 0.871. The lowest BCUT2D eigenvalue weighted by atomic mass is 10.1. The van der Waals surface area contributed by atoms with Gasteiger partial charge in [-0.05, 0) is 31.7 Å². The molecule has 1 amide bonds. The first-order valence-electron chi connectivity index (χ1n) is 6.70. The van der Waals surface area contributed by atoms with Crippen LogP contribution in [0.1, 0.15) is 25.8 Å². The van der Waals surface area contributed by atoms with Crippen LogP contribution in [0.3, 0.4) is 0 Å². The number of hydrogen-bond acceptors (Lipinski definition) is 4.